The van der Waals surface area contributed by atoms with Gasteiger partial charge in [-0.3, -0.25) is 0 Å². The Labute approximate surface area is 74.6 Å². The molecule has 0 unspecified atom stereocenters. The van der Waals surface area contributed by atoms with Gasteiger partial charge in [-0.1, -0.05) is 36.4 Å². The second kappa shape index (κ2) is 2.95. The van der Waals surface area contributed by atoms with Crippen molar-refractivity contribution in [1.29, 1.82) is 0 Å². The monoisotopic (exact) mass is 159 g/mol. The molecule has 60 valence electrons. The fourth-order valence-corrected chi connectivity index (χ4v) is 1.21. The molecular weight excluding hydrogens is 146 g/mol. The molecule has 0 atom stereocenters. The molecule has 0 spiro atoms. The minimum Gasteiger partial charge on any atom is -0.326 e. The third kappa shape index (κ3) is 1.19. The van der Waals surface area contributed by atoms with Crippen molar-refractivity contribution in [2.45, 2.75) is 6.54 Å². The Morgan fingerprint density at radius 3 is 2.67 bits per heavy atom. The van der Waals surface area contributed by atoms with E-state index in [2.05, 4.69) is 0 Å². The van der Waals surface area contributed by atoms with Crippen LogP contribution in [0.5, 0.6) is 0 Å². The average Bonchev–Trinajstić information content (AvgIpc) is 2.18. The summed E-state index contributed by atoms with van der Waals surface area (Å²) in [5.41, 5.74) is 6.12. The summed E-state index contributed by atoms with van der Waals surface area (Å²) in [7, 11) is 0. The van der Waals surface area contributed by atoms with Crippen LogP contribution in [-0.2, 0) is 6.54 Å². The molecule has 0 saturated heterocycles. The summed E-state index contributed by atoms with van der Waals surface area (Å²) in [6.07, 6.45) is 0. The van der Waals surface area contributed by atoms with Crippen LogP contribution in [0.1, 0.15) is 8.30 Å². The zero-order valence-corrected chi connectivity index (χ0v) is 6.67. The molecule has 2 N–H and O–H groups in total. The third-order valence-corrected chi connectivity index (χ3v) is 1.85. The highest BCUT2D eigenvalue weighted by Crippen LogP contribution is 2.14. The Kier molecular flexibility index (Phi) is 1.31. The molecule has 0 heterocycles. The lowest BCUT2D eigenvalue weighted by Gasteiger charge is -1.99. The van der Waals surface area contributed by atoms with E-state index in [0.29, 0.717) is 17.6 Å². The van der Waals surface area contributed by atoms with Crippen molar-refractivity contribution in [3.05, 3.63) is 48.0 Å². The van der Waals surface area contributed by atoms with Gasteiger partial charge >= 0.3 is 0 Å². The summed E-state index contributed by atoms with van der Waals surface area (Å²) in [5, 5.41) is 1.80. The van der Waals surface area contributed by atoms with Gasteiger partial charge in [0.2, 0.25) is 0 Å². The zero-order chi connectivity index (χ0) is 10.1. The van der Waals surface area contributed by atoms with Crippen LogP contribution in [0.4, 0.5) is 0 Å². The SMILES string of the molecule is [2H]c1cc2ccccc2c([2H])c1CN. The molecule has 0 saturated carbocycles. The van der Waals surface area contributed by atoms with Crippen molar-refractivity contribution in [2.75, 3.05) is 0 Å². The van der Waals surface area contributed by atoms with E-state index in [9.17, 15) is 0 Å². The smallest absolute Gasteiger partial charge is 0.0633 e. The van der Waals surface area contributed by atoms with Gasteiger partial charge in [-0.15, -0.1) is 0 Å². The molecule has 2 aromatic rings. The van der Waals surface area contributed by atoms with Gasteiger partial charge < -0.3 is 5.73 Å². The molecule has 0 fully saturated rings. The van der Waals surface area contributed by atoms with E-state index >= 15 is 0 Å². The molecule has 0 radical (unpaired) electrons. The van der Waals surface area contributed by atoms with Gasteiger partial charge in [0.1, 0.15) is 0 Å². The van der Waals surface area contributed by atoms with Crippen molar-refractivity contribution in [1.82, 2.24) is 0 Å². The van der Waals surface area contributed by atoms with Crippen LogP contribution in [0, 0.1) is 0 Å². The molecule has 0 aliphatic heterocycles. The topological polar surface area (TPSA) is 26.0 Å². The second-order valence-corrected chi connectivity index (χ2v) is 2.68. The van der Waals surface area contributed by atoms with E-state index in [1.165, 1.54) is 0 Å². The third-order valence-electron chi connectivity index (χ3n) is 1.85. The highest BCUT2D eigenvalue weighted by Gasteiger charge is 1.92. The fourth-order valence-electron chi connectivity index (χ4n) is 1.21. The number of benzene rings is 2. The van der Waals surface area contributed by atoms with Gasteiger partial charge in [0, 0.05) is 6.54 Å². The first-order valence-corrected chi connectivity index (χ1v) is 3.92. The first-order valence-electron chi connectivity index (χ1n) is 4.92. The zero-order valence-electron chi connectivity index (χ0n) is 8.67. The Hall–Kier alpha value is -1.34. The van der Waals surface area contributed by atoms with Crippen molar-refractivity contribution in [3.63, 3.8) is 0 Å². The summed E-state index contributed by atoms with van der Waals surface area (Å²) in [4.78, 5) is 0. The summed E-state index contributed by atoms with van der Waals surface area (Å²) in [6.45, 7) is 0.252. The normalized spacial score (nSPS) is 12.8. The Morgan fingerprint density at radius 2 is 1.92 bits per heavy atom. The summed E-state index contributed by atoms with van der Waals surface area (Å²) in [6, 6.07) is 10.1. The van der Waals surface area contributed by atoms with Gasteiger partial charge in [-0.2, -0.15) is 0 Å². The van der Waals surface area contributed by atoms with Crippen LogP contribution in [0.2, 0.25) is 0 Å². The van der Waals surface area contributed by atoms with Crippen molar-refractivity contribution >= 4 is 10.8 Å². The number of rotatable bonds is 1. The highest BCUT2D eigenvalue weighted by molar-refractivity contribution is 5.82. The number of hydrogen-bond acceptors (Lipinski definition) is 1. The quantitative estimate of drug-likeness (QED) is 0.678. The van der Waals surface area contributed by atoms with Crippen LogP contribution in [-0.4, -0.2) is 0 Å². The maximum absolute atomic E-state index is 7.88. The predicted octanol–water partition coefficient (Wildman–Crippen LogP) is 2.30. The minimum atomic E-state index is 0.252. The van der Waals surface area contributed by atoms with Gasteiger partial charge in [-0.05, 0) is 22.4 Å². The van der Waals surface area contributed by atoms with Gasteiger partial charge in [0.25, 0.3) is 0 Å². The number of hydrogen-bond donors (Lipinski definition) is 1. The van der Waals surface area contributed by atoms with Crippen LogP contribution in [0.3, 0.4) is 0 Å². The van der Waals surface area contributed by atoms with E-state index in [1.807, 2.05) is 24.3 Å². The molecule has 0 bridgehead atoms. The standard InChI is InChI=1S/C11H11N/c12-8-9-5-6-10-3-1-2-4-11(10)7-9/h1-7H,8,12H2/i5D,7D. The molecule has 0 amide bonds. The largest absolute Gasteiger partial charge is 0.326 e. The average molecular weight is 159 g/mol. The van der Waals surface area contributed by atoms with E-state index in [1.54, 1.807) is 6.07 Å². The van der Waals surface area contributed by atoms with Gasteiger partial charge in [0.15, 0.2) is 0 Å². The molecule has 0 aliphatic rings. The molecule has 1 heteroatoms. The molecule has 12 heavy (non-hydrogen) atoms. The molecule has 0 aromatic heterocycles. The molecule has 2 aromatic carbocycles. The first-order chi connectivity index (χ1) is 6.74. The molecule has 2 rings (SSSR count). The molecule has 0 aliphatic carbocycles. The highest BCUT2D eigenvalue weighted by atomic mass is 14.5. The summed E-state index contributed by atoms with van der Waals surface area (Å²) >= 11 is 0. The molecular formula is C11H11N. The number of nitrogens with two attached hydrogens (primary N) is 1. The maximum atomic E-state index is 7.88. The van der Waals surface area contributed by atoms with E-state index in [-0.39, 0.29) is 6.54 Å². The Morgan fingerprint density at radius 1 is 1.17 bits per heavy atom. The van der Waals surface area contributed by atoms with E-state index in [0.717, 1.165) is 10.8 Å². The van der Waals surface area contributed by atoms with Crippen LogP contribution in [0.25, 0.3) is 10.8 Å². The lowest BCUT2D eigenvalue weighted by atomic mass is 10.1. The summed E-state index contributed by atoms with van der Waals surface area (Å²) < 4.78 is 15.6. The maximum Gasteiger partial charge on any atom is 0.0633 e. The van der Waals surface area contributed by atoms with E-state index in [4.69, 9.17) is 8.48 Å². The van der Waals surface area contributed by atoms with Crippen molar-refractivity contribution in [2.24, 2.45) is 5.73 Å². The number of fused-ring (bicyclic) bond motifs is 1. The minimum absolute atomic E-state index is 0.252. The molecule has 1 nitrogen and oxygen atoms in total. The lowest BCUT2D eigenvalue weighted by molar-refractivity contribution is 1.08. The van der Waals surface area contributed by atoms with Crippen molar-refractivity contribution in [3.8, 4) is 0 Å². The second-order valence-electron chi connectivity index (χ2n) is 2.68. The van der Waals surface area contributed by atoms with Crippen molar-refractivity contribution < 1.29 is 2.74 Å². The Balaban J connectivity index is 2.86. The fraction of sp³-hybridized carbons (Fsp3) is 0.0909. The van der Waals surface area contributed by atoms with Gasteiger partial charge in [0.05, 0.1) is 2.74 Å². The van der Waals surface area contributed by atoms with E-state index < -0.39 is 0 Å². The van der Waals surface area contributed by atoms with Crippen LogP contribution >= 0.6 is 0 Å². The first kappa shape index (κ1) is 5.33. The predicted molar refractivity (Wildman–Crippen MR) is 51.8 cm³/mol. The Bertz CT molecular complexity index is 480. The van der Waals surface area contributed by atoms with Crippen LogP contribution in [0.15, 0.2) is 42.4 Å². The lowest BCUT2D eigenvalue weighted by Crippen LogP contribution is -1.95. The summed E-state index contributed by atoms with van der Waals surface area (Å²) in [5.74, 6) is 0. The van der Waals surface area contributed by atoms with Gasteiger partial charge in [-0.25, -0.2) is 0 Å². The van der Waals surface area contributed by atoms with Crippen LogP contribution < -0.4 is 5.73 Å².